The van der Waals surface area contributed by atoms with E-state index in [1.165, 1.54) is 6.07 Å². The second-order valence-electron chi connectivity index (χ2n) is 4.10. The van der Waals surface area contributed by atoms with E-state index in [2.05, 4.69) is 5.32 Å². The lowest BCUT2D eigenvalue weighted by Crippen LogP contribution is -2.14. The van der Waals surface area contributed by atoms with Gasteiger partial charge in [0, 0.05) is 5.56 Å². The van der Waals surface area contributed by atoms with Crippen molar-refractivity contribution in [3.63, 3.8) is 0 Å². The molecular formula is C14H13NO4S. The van der Waals surface area contributed by atoms with Crippen molar-refractivity contribution in [1.29, 1.82) is 0 Å². The largest absolute Gasteiger partial charge is 0.380 e. The monoisotopic (exact) mass is 291 g/mol. The van der Waals surface area contributed by atoms with E-state index < -0.39 is 10.1 Å². The molecule has 2 rings (SSSR count). The number of para-hydroxylation sites is 2. The maximum absolute atomic E-state index is 12.0. The van der Waals surface area contributed by atoms with Gasteiger partial charge in [0.2, 0.25) is 0 Å². The Bertz CT molecular complexity index is 711. The van der Waals surface area contributed by atoms with E-state index in [-0.39, 0.29) is 11.7 Å². The Morgan fingerprint density at radius 3 is 2.25 bits per heavy atom. The van der Waals surface area contributed by atoms with E-state index in [0.717, 1.165) is 6.26 Å². The van der Waals surface area contributed by atoms with Gasteiger partial charge in [0.25, 0.3) is 5.91 Å². The van der Waals surface area contributed by atoms with Crippen LogP contribution in [0, 0.1) is 0 Å². The lowest BCUT2D eigenvalue weighted by atomic mass is 10.2. The molecule has 2 aromatic rings. The summed E-state index contributed by atoms with van der Waals surface area (Å²) < 4.78 is 27.2. The molecule has 0 radical (unpaired) electrons. The van der Waals surface area contributed by atoms with Crippen LogP contribution in [0.5, 0.6) is 5.75 Å². The first-order valence-corrected chi connectivity index (χ1v) is 7.62. The Morgan fingerprint density at radius 1 is 1.00 bits per heavy atom. The molecule has 20 heavy (non-hydrogen) atoms. The summed E-state index contributed by atoms with van der Waals surface area (Å²) in [7, 11) is -3.65. The molecule has 0 heterocycles. The van der Waals surface area contributed by atoms with Gasteiger partial charge >= 0.3 is 10.1 Å². The fourth-order valence-corrected chi connectivity index (χ4v) is 2.06. The number of hydrogen-bond acceptors (Lipinski definition) is 4. The second kappa shape index (κ2) is 5.75. The molecule has 0 aromatic heterocycles. The van der Waals surface area contributed by atoms with Crippen molar-refractivity contribution in [2.75, 3.05) is 11.6 Å². The lowest BCUT2D eigenvalue weighted by Gasteiger charge is -2.10. The third-order valence-corrected chi connectivity index (χ3v) is 2.89. The second-order valence-corrected chi connectivity index (χ2v) is 5.68. The molecule has 1 amide bonds. The van der Waals surface area contributed by atoms with Gasteiger partial charge in [0.05, 0.1) is 11.9 Å². The summed E-state index contributed by atoms with van der Waals surface area (Å²) in [6.07, 6.45) is 0.947. The summed E-state index contributed by atoms with van der Waals surface area (Å²) in [5, 5.41) is 2.62. The van der Waals surface area contributed by atoms with E-state index in [9.17, 15) is 13.2 Å². The molecule has 0 fully saturated rings. The predicted octanol–water partition coefficient (Wildman–Crippen LogP) is 2.28. The Kier molecular flexibility index (Phi) is 4.05. The van der Waals surface area contributed by atoms with Crippen molar-refractivity contribution >= 4 is 21.7 Å². The van der Waals surface area contributed by atoms with E-state index in [1.807, 2.05) is 0 Å². The molecule has 0 aliphatic rings. The lowest BCUT2D eigenvalue weighted by molar-refractivity contribution is 0.102. The number of amides is 1. The topological polar surface area (TPSA) is 72.5 Å². The highest BCUT2D eigenvalue weighted by molar-refractivity contribution is 7.86. The van der Waals surface area contributed by atoms with Crippen LogP contribution in [-0.2, 0) is 10.1 Å². The Labute approximate surface area is 117 Å². The number of rotatable bonds is 4. The predicted molar refractivity (Wildman–Crippen MR) is 76.3 cm³/mol. The van der Waals surface area contributed by atoms with Crippen molar-refractivity contribution in [3.8, 4) is 5.75 Å². The number of hydrogen-bond donors (Lipinski definition) is 1. The van der Waals surface area contributed by atoms with E-state index in [0.29, 0.717) is 11.3 Å². The quantitative estimate of drug-likeness (QED) is 0.877. The van der Waals surface area contributed by atoms with Gasteiger partial charge in [0.1, 0.15) is 0 Å². The fourth-order valence-electron chi connectivity index (χ4n) is 1.59. The average molecular weight is 291 g/mol. The number of carbonyl (C=O) groups excluding carboxylic acids is 1. The van der Waals surface area contributed by atoms with Crippen LogP contribution in [-0.4, -0.2) is 20.6 Å². The number of carbonyl (C=O) groups is 1. The molecule has 1 N–H and O–H groups in total. The Balaban J connectivity index is 2.24. The highest BCUT2D eigenvalue weighted by Crippen LogP contribution is 2.25. The zero-order valence-corrected chi connectivity index (χ0v) is 11.6. The minimum absolute atomic E-state index is 0.0827. The van der Waals surface area contributed by atoms with Gasteiger partial charge in [-0.1, -0.05) is 30.3 Å². The average Bonchev–Trinajstić information content (AvgIpc) is 2.40. The van der Waals surface area contributed by atoms with Crippen molar-refractivity contribution in [2.45, 2.75) is 0 Å². The standard InChI is InChI=1S/C14H13NO4S/c1-20(17,18)19-13-10-6-5-9-12(13)15-14(16)11-7-3-2-4-8-11/h2-10H,1H3,(H,15,16). The van der Waals surface area contributed by atoms with Gasteiger partial charge in [-0.3, -0.25) is 4.79 Å². The molecule has 0 unspecified atom stereocenters. The molecule has 0 saturated heterocycles. The molecule has 0 aliphatic carbocycles. The molecule has 104 valence electrons. The third-order valence-electron chi connectivity index (χ3n) is 2.41. The van der Waals surface area contributed by atoms with Gasteiger partial charge in [-0.15, -0.1) is 0 Å². The molecule has 0 bridgehead atoms. The van der Waals surface area contributed by atoms with Crippen LogP contribution in [0.2, 0.25) is 0 Å². The van der Waals surface area contributed by atoms with Crippen LogP contribution >= 0.6 is 0 Å². The summed E-state index contributed by atoms with van der Waals surface area (Å²) >= 11 is 0. The van der Waals surface area contributed by atoms with Gasteiger partial charge in [-0.2, -0.15) is 8.42 Å². The summed E-state index contributed by atoms with van der Waals surface area (Å²) in [5.41, 5.74) is 0.772. The highest BCUT2D eigenvalue weighted by atomic mass is 32.2. The minimum Gasteiger partial charge on any atom is -0.380 e. The number of nitrogens with one attached hydrogen (secondary N) is 1. The Morgan fingerprint density at radius 2 is 1.60 bits per heavy atom. The van der Waals surface area contributed by atoms with Crippen LogP contribution in [0.25, 0.3) is 0 Å². The maximum atomic E-state index is 12.0. The van der Waals surface area contributed by atoms with E-state index in [4.69, 9.17) is 4.18 Å². The fraction of sp³-hybridized carbons (Fsp3) is 0.0714. The van der Waals surface area contributed by atoms with Crippen molar-refractivity contribution < 1.29 is 17.4 Å². The molecule has 0 saturated carbocycles. The summed E-state index contributed by atoms with van der Waals surface area (Å²) in [5.74, 6) is -0.255. The number of benzene rings is 2. The van der Waals surface area contributed by atoms with Crippen LogP contribution in [0.15, 0.2) is 54.6 Å². The van der Waals surface area contributed by atoms with Crippen molar-refractivity contribution in [1.82, 2.24) is 0 Å². The smallest absolute Gasteiger partial charge is 0.306 e. The van der Waals surface area contributed by atoms with Gasteiger partial charge < -0.3 is 9.50 Å². The highest BCUT2D eigenvalue weighted by Gasteiger charge is 2.12. The van der Waals surface area contributed by atoms with Crippen molar-refractivity contribution in [3.05, 3.63) is 60.2 Å². The van der Waals surface area contributed by atoms with E-state index >= 15 is 0 Å². The molecule has 0 spiro atoms. The van der Waals surface area contributed by atoms with Crippen LogP contribution in [0.1, 0.15) is 10.4 Å². The first kappa shape index (κ1) is 14.1. The summed E-state index contributed by atoms with van der Waals surface area (Å²) in [6.45, 7) is 0. The zero-order chi connectivity index (χ0) is 14.6. The molecule has 0 aliphatic heterocycles. The number of anilines is 1. The Hall–Kier alpha value is -2.34. The summed E-state index contributed by atoms with van der Waals surface area (Å²) in [4.78, 5) is 12.0. The SMILES string of the molecule is CS(=O)(=O)Oc1ccccc1NC(=O)c1ccccc1. The van der Waals surface area contributed by atoms with Crippen LogP contribution in [0.3, 0.4) is 0 Å². The van der Waals surface area contributed by atoms with Crippen LogP contribution in [0.4, 0.5) is 5.69 Å². The van der Waals surface area contributed by atoms with E-state index in [1.54, 1.807) is 48.5 Å². The first-order chi connectivity index (χ1) is 9.46. The third kappa shape index (κ3) is 3.83. The van der Waals surface area contributed by atoms with Gasteiger partial charge in [0.15, 0.2) is 5.75 Å². The molecular weight excluding hydrogens is 278 g/mol. The zero-order valence-electron chi connectivity index (χ0n) is 10.7. The van der Waals surface area contributed by atoms with Gasteiger partial charge in [-0.05, 0) is 24.3 Å². The molecule has 0 atom stereocenters. The normalized spacial score (nSPS) is 10.8. The first-order valence-electron chi connectivity index (χ1n) is 5.80. The molecule has 6 heteroatoms. The van der Waals surface area contributed by atoms with Gasteiger partial charge in [-0.25, -0.2) is 0 Å². The summed E-state index contributed by atoms with van der Waals surface area (Å²) in [6, 6.07) is 15.0. The minimum atomic E-state index is -3.65. The van der Waals surface area contributed by atoms with Crippen LogP contribution < -0.4 is 9.50 Å². The molecule has 5 nitrogen and oxygen atoms in total. The molecule has 2 aromatic carbocycles. The maximum Gasteiger partial charge on any atom is 0.306 e. The van der Waals surface area contributed by atoms with Crippen molar-refractivity contribution in [2.24, 2.45) is 0 Å².